The van der Waals surface area contributed by atoms with Crippen LogP contribution < -0.4 is 0 Å². The highest BCUT2D eigenvalue weighted by Crippen LogP contribution is 2.42. The van der Waals surface area contributed by atoms with Gasteiger partial charge in [0.15, 0.2) is 0 Å². The molecule has 248 valence electrons. The molecule has 2 aliphatic heterocycles. The predicted octanol–water partition coefficient (Wildman–Crippen LogP) is 5.40. The Morgan fingerprint density at radius 1 is 1.04 bits per heavy atom. The fraction of sp³-hybridized carbons (Fsp3) is 0.595. The molecule has 9 heteroatoms. The molecule has 3 aliphatic rings. The third-order valence-electron chi connectivity index (χ3n) is 11.0. The summed E-state index contributed by atoms with van der Waals surface area (Å²) in [5.74, 6) is 1.47. The van der Waals surface area contributed by atoms with E-state index in [0.29, 0.717) is 35.2 Å². The Kier molecular flexibility index (Phi) is 9.27. The Morgan fingerprint density at radius 3 is 2.37 bits per heavy atom. The minimum Gasteiger partial charge on any atom is -0.340 e. The summed E-state index contributed by atoms with van der Waals surface area (Å²) in [7, 11) is 1.76. The lowest BCUT2D eigenvalue weighted by atomic mass is 9.69. The van der Waals surface area contributed by atoms with Crippen molar-refractivity contribution in [3.8, 4) is 5.69 Å². The Hall–Kier alpha value is -3.30. The fourth-order valence-corrected chi connectivity index (χ4v) is 8.28. The number of hydrogen-bond donors (Lipinski definition) is 0. The first-order valence-corrected chi connectivity index (χ1v) is 17.2. The minimum absolute atomic E-state index is 0.00462. The topological polar surface area (TPSA) is 64.9 Å². The number of rotatable bonds is 9. The molecule has 6 rings (SSSR count). The average Bonchev–Trinajstić information content (AvgIpc) is 3.35. The molecule has 1 unspecified atom stereocenters. The van der Waals surface area contributed by atoms with Gasteiger partial charge in [-0.1, -0.05) is 13.8 Å². The molecular weight excluding hydrogens is 579 g/mol. The van der Waals surface area contributed by atoms with Crippen molar-refractivity contribution in [1.29, 1.82) is 0 Å². The van der Waals surface area contributed by atoms with Gasteiger partial charge in [-0.15, -0.1) is 0 Å². The van der Waals surface area contributed by atoms with Crippen molar-refractivity contribution < 1.29 is 14.0 Å². The number of nitrogens with zero attached hydrogens (tertiary/aromatic N) is 6. The van der Waals surface area contributed by atoms with Gasteiger partial charge in [-0.3, -0.25) is 24.4 Å². The van der Waals surface area contributed by atoms with Gasteiger partial charge < -0.3 is 14.4 Å². The fourth-order valence-electron chi connectivity index (χ4n) is 8.28. The van der Waals surface area contributed by atoms with Gasteiger partial charge in [0.25, 0.3) is 5.91 Å². The number of piperazine rings is 1. The number of aromatic nitrogens is 2. The second-order valence-electron chi connectivity index (χ2n) is 14.7. The number of carbonyl (C=O) groups excluding carboxylic acids is 2. The predicted molar refractivity (Wildman–Crippen MR) is 181 cm³/mol. The lowest BCUT2D eigenvalue weighted by molar-refractivity contribution is -0.131. The molecule has 2 saturated heterocycles. The summed E-state index contributed by atoms with van der Waals surface area (Å²) >= 11 is 0. The summed E-state index contributed by atoms with van der Waals surface area (Å²) in [5, 5.41) is 1.18. The van der Waals surface area contributed by atoms with Crippen molar-refractivity contribution in [3.05, 3.63) is 59.3 Å². The van der Waals surface area contributed by atoms with Crippen LogP contribution >= 0.6 is 0 Å². The third-order valence-corrected chi connectivity index (χ3v) is 11.0. The average molecular weight is 631 g/mol. The molecular formula is C37H51FN6O2. The first kappa shape index (κ1) is 32.6. The van der Waals surface area contributed by atoms with Crippen LogP contribution in [0.3, 0.4) is 0 Å². The van der Waals surface area contributed by atoms with E-state index in [1.165, 1.54) is 35.9 Å². The number of benzene rings is 1. The molecule has 1 aliphatic carbocycles. The van der Waals surface area contributed by atoms with E-state index in [4.69, 9.17) is 0 Å². The largest absolute Gasteiger partial charge is 0.340 e. The molecule has 3 aromatic rings. The highest BCUT2D eigenvalue weighted by atomic mass is 19.1. The van der Waals surface area contributed by atoms with Crippen LogP contribution in [0.25, 0.3) is 16.6 Å². The van der Waals surface area contributed by atoms with Gasteiger partial charge in [0.2, 0.25) is 5.91 Å². The summed E-state index contributed by atoms with van der Waals surface area (Å²) in [6.07, 6.45) is 9.41. The lowest BCUT2D eigenvalue weighted by Crippen LogP contribution is -2.62. The summed E-state index contributed by atoms with van der Waals surface area (Å²) < 4.78 is 16.5. The maximum absolute atomic E-state index is 14.5. The zero-order valence-corrected chi connectivity index (χ0v) is 28.7. The van der Waals surface area contributed by atoms with Gasteiger partial charge in [-0.25, -0.2) is 4.39 Å². The van der Waals surface area contributed by atoms with E-state index < -0.39 is 5.82 Å². The zero-order chi connectivity index (χ0) is 32.9. The Labute approximate surface area is 273 Å². The van der Waals surface area contributed by atoms with Crippen molar-refractivity contribution in [3.63, 3.8) is 0 Å². The standard InChI is InChI=1S/C37H51FN6O2/c1-23(2)36(28-15-31(16-28)42-12-10-41(11-13-42)26(6)45)43-20-27(21-43)14-29-22-44(34-19-39-18-25(5)35(29)34)33-9-8-30(38)17-32(33)37(46)40(7)24(3)4/h8-9,17-19,22-24,27-28,31,36H,10-16,20-21H2,1-7H3/t28-,31+,36?. The molecule has 4 heterocycles. The Balaban J connectivity index is 1.16. The number of carbonyl (C=O) groups is 2. The van der Waals surface area contributed by atoms with Crippen LogP contribution in [0.4, 0.5) is 4.39 Å². The van der Waals surface area contributed by atoms with E-state index >= 15 is 0 Å². The van der Waals surface area contributed by atoms with Crippen LogP contribution in [0.1, 0.15) is 68.9 Å². The van der Waals surface area contributed by atoms with Crippen molar-refractivity contribution in [2.45, 2.75) is 78.9 Å². The molecule has 3 fully saturated rings. The number of amides is 2. The van der Waals surface area contributed by atoms with Gasteiger partial charge in [0.1, 0.15) is 5.82 Å². The zero-order valence-electron chi connectivity index (χ0n) is 28.7. The number of fused-ring (bicyclic) bond motifs is 1. The molecule has 0 N–H and O–H groups in total. The van der Waals surface area contributed by atoms with Crippen LogP contribution in [0.15, 0.2) is 36.8 Å². The van der Waals surface area contributed by atoms with Gasteiger partial charge in [-0.05, 0) is 87.1 Å². The number of hydrogen-bond acceptors (Lipinski definition) is 5. The van der Waals surface area contributed by atoms with Crippen molar-refractivity contribution >= 4 is 22.7 Å². The quantitative estimate of drug-likeness (QED) is 0.317. The molecule has 0 spiro atoms. The molecule has 1 aromatic carbocycles. The SMILES string of the molecule is CC(=O)N1CCN([C@H]2C[C@@H](C(C(C)C)N3CC(Cc4cn(-c5ccc(F)cc5C(=O)N(C)C(C)C)c5cncc(C)c45)C3)C2)CC1. The van der Waals surface area contributed by atoms with Gasteiger partial charge in [-0.2, -0.15) is 0 Å². The maximum Gasteiger partial charge on any atom is 0.256 e. The number of likely N-dealkylation sites (tertiary alicyclic amines) is 1. The van der Waals surface area contributed by atoms with E-state index in [1.54, 1.807) is 24.9 Å². The van der Waals surface area contributed by atoms with E-state index in [9.17, 15) is 14.0 Å². The number of halogens is 1. The Bertz CT molecular complexity index is 1580. The van der Waals surface area contributed by atoms with Gasteiger partial charge >= 0.3 is 0 Å². The monoisotopic (exact) mass is 630 g/mol. The summed E-state index contributed by atoms with van der Waals surface area (Å²) in [5.41, 5.74) is 4.36. The molecule has 1 atom stereocenters. The minimum atomic E-state index is -0.419. The second kappa shape index (κ2) is 13.1. The van der Waals surface area contributed by atoms with E-state index in [1.807, 2.05) is 35.7 Å². The smallest absolute Gasteiger partial charge is 0.256 e. The van der Waals surface area contributed by atoms with Crippen molar-refractivity contribution in [2.24, 2.45) is 17.8 Å². The van der Waals surface area contributed by atoms with Crippen LogP contribution in [0.5, 0.6) is 0 Å². The molecule has 1 saturated carbocycles. The molecule has 0 bridgehead atoms. The first-order valence-electron chi connectivity index (χ1n) is 17.2. The second-order valence-corrected chi connectivity index (χ2v) is 14.7. The molecule has 46 heavy (non-hydrogen) atoms. The summed E-state index contributed by atoms with van der Waals surface area (Å²) in [6, 6.07) is 5.76. The van der Waals surface area contributed by atoms with Gasteiger partial charge in [0.05, 0.1) is 23.0 Å². The molecule has 2 amide bonds. The van der Waals surface area contributed by atoms with Crippen LogP contribution in [-0.4, -0.2) is 105 Å². The lowest BCUT2D eigenvalue weighted by Gasteiger charge is -2.55. The molecule has 8 nitrogen and oxygen atoms in total. The third kappa shape index (κ3) is 6.20. The van der Waals surface area contributed by atoms with Crippen LogP contribution in [0, 0.1) is 30.5 Å². The summed E-state index contributed by atoms with van der Waals surface area (Å²) in [6.45, 7) is 18.3. The van der Waals surface area contributed by atoms with E-state index in [-0.39, 0.29) is 17.9 Å². The summed E-state index contributed by atoms with van der Waals surface area (Å²) in [4.78, 5) is 38.7. The Morgan fingerprint density at radius 2 is 1.74 bits per heavy atom. The highest BCUT2D eigenvalue weighted by Gasteiger charge is 2.45. The van der Waals surface area contributed by atoms with Crippen molar-refractivity contribution in [2.75, 3.05) is 46.3 Å². The van der Waals surface area contributed by atoms with Crippen molar-refractivity contribution in [1.82, 2.24) is 29.2 Å². The van der Waals surface area contributed by atoms with Crippen LogP contribution in [0.2, 0.25) is 0 Å². The van der Waals surface area contributed by atoms with E-state index in [0.717, 1.165) is 62.7 Å². The molecule has 2 aromatic heterocycles. The first-order chi connectivity index (χ1) is 21.9. The normalized spacial score (nSPS) is 21.9. The molecule has 0 radical (unpaired) electrons. The number of pyridine rings is 1. The highest BCUT2D eigenvalue weighted by molar-refractivity contribution is 5.99. The van der Waals surface area contributed by atoms with Crippen LogP contribution in [-0.2, 0) is 11.2 Å². The number of aryl methyl sites for hydroxylation is 1. The van der Waals surface area contributed by atoms with Gasteiger partial charge in [0, 0.05) is 89.1 Å². The van der Waals surface area contributed by atoms with E-state index in [2.05, 4.69) is 41.8 Å². The maximum atomic E-state index is 14.5.